The third-order valence-corrected chi connectivity index (χ3v) is 7.01. The molecule has 4 aromatic rings. The van der Waals surface area contributed by atoms with Gasteiger partial charge < -0.3 is 5.32 Å². The fraction of sp³-hybridized carbons (Fsp3) is 0.346. The average molecular weight is 527 g/mol. The van der Waals surface area contributed by atoms with Crippen LogP contribution in [0, 0.1) is 12.8 Å². The van der Waals surface area contributed by atoms with E-state index >= 15 is 0 Å². The Hall–Kier alpha value is -3.66. The van der Waals surface area contributed by atoms with Crippen LogP contribution >= 0.6 is 11.6 Å². The van der Waals surface area contributed by atoms with Crippen LogP contribution in [0.5, 0.6) is 0 Å². The number of carbonyl (C=O) groups excluding carboxylic acids is 1. The Bertz CT molecular complexity index is 1490. The Kier molecular flexibility index (Phi) is 7.01. The van der Waals surface area contributed by atoms with Gasteiger partial charge in [-0.3, -0.25) is 14.3 Å². The molecule has 1 N–H and O–H groups in total. The summed E-state index contributed by atoms with van der Waals surface area (Å²) in [6.45, 7) is 2.46. The van der Waals surface area contributed by atoms with Crippen LogP contribution in [-0.4, -0.2) is 36.0 Å². The van der Waals surface area contributed by atoms with Gasteiger partial charge in [-0.2, -0.15) is 0 Å². The number of rotatable bonds is 6. The summed E-state index contributed by atoms with van der Waals surface area (Å²) in [6.07, 6.45) is 4.19. The van der Waals surface area contributed by atoms with E-state index in [1.807, 2.05) is 31.2 Å². The van der Waals surface area contributed by atoms with Crippen LogP contribution in [0.1, 0.15) is 53.7 Å². The first kappa shape index (κ1) is 25.0. The molecule has 1 aliphatic carbocycles. The Labute approximate surface area is 216 Å². The lowest BCUT2D eigenvalue weighted by Gasteiger charge is -2.29. The summed E-state index contributed by atoms with van der Waals surface area (Å²) in [4.78, 5) is 38.6. The van der Waals surface area contributed by atoms with Crippen LogP contribution in [0.15, 0.2) is 53.7 Å². The number of amides is 1. The topological polar surface area (TPSA) is 94.7 Å². The quantitative estimate of drug-likeness (QED) is 0.387. The highest BCUT2D eigenvalue weighted by atomic mass is 35.5. The molecule has 192 valence electrons. The van der Waals surface area contributed by atoms with Crippen LogP contribution in [0.2, 0.25) is 5.02 Å². The third kappa shape index (κ3) is 5.11. The van der Waals surface area contributed by atoms with Gasteiger partial charge in [0.05, 0.1) is 16.3 Å². The second-order valence-corrected chi connectivity index (χ2v) is 9.78. The lowest BCUT2D eigenvalue weighted by molar-refractivity contribution is 0.0904. The highest BCUT2D eigenvalue weighted by Crippen LogP contribution is 2.28. The number of benzene rings is 1. The number of carbonyl (C=O) groups is 1. The first-order valence-corrected chi connectivity index (χ1v) is 12.4. The number of nitrogens with zero attached hydrogens (tertiary/aromatic N) is 5. The molecule has 0 bridgehead atoms. The summed E-state index contributed by atoms with van der Waals surface area (Å²) in [5.74, 6) is -0.421. The van der Waals surface area contributed by atoms with Crippen molar-refractivity contribution in [2.24, 2.45) is 5.92 Å². The van der Waals surface area contributed by atoms with Crippen molar-refractivity contribution in [3.63, 3.8) is 0 Å². The van der Waals surface area contributed by atoms with Crippen molar-refractivity contribution in [3.8, 4) is 5.69 Å². The predicted molar refractivity (Wildman–Crippen MR) is 135 cm³/mol. The number of fused-ring (bicyclic) bond motifs is 1. The van der Waals surface area contributed by atoms with E-state index in [2.05, 4.69) is 20.3 Å². The maximum absolute atomic E-state index is 13.4. The summed E-state index contributed by atoms with van der Waals surface area (Å²) in [5.41, 5.74) is 1.85. The number of pyridine rings is 1. The Morgan fingerprint density at radius 2 is 1.76 bits per heavy atom. The smallest absolute Gasteiger partial charge is 0.336 e. The number of aryl methyl sites for hydroxylation is 1. The summed E-state index contributed by atoms with van der Waals surface area (Å²) < 4.78 is 29.8. The molecule has 0 unspecified atom stereocenters. The molecule has 1 amide bonds. The van der Waals surface area contributed by atoms with Crippen molar-refractivity contribution in [2.45, 2.75) is 51.6 Å². The maximum Gasteiger partial charge on any atom is 0.336 e. The van der Waals surface area contributed by atoms with Crippen LogP contribution in [0.4, 0.5) is 8.78 Å². The number of halogens is 3. The van der Waals surface area contributed by atoms with Gasteiger partial charge in [0.2, 0.25) is 0 Å². The second-order valence-electron chi connectivity index (χ2n) is 9.35. The number of nitrogens with one attached hydrogen (secondary N) is 1. The minimum absolute atomic E-state index is 0.122. The molecule has 5 rings (SSSR count). The Morgan fingerprint density at radius 3 is 2.43 bits per heavy atom. The zero-order valence-electron chi connectivity index (χ0n) is 20.1. The number of alkyl halides is 2. The van der Waals surface area contributed by atoms with E-state index in [0.717, 1.165) is 30.3 Å². The van der Waals surface area contributed by atoms with E-state index in [1.54, 1.807) is 21.5 Å². The molecule has 3 heterocycles. The summed E-state index contributed by atoms with van der Waals surface area (Å²) >= 11 is 5.88. The standard InChI is InChI=1S/C26H25ClF2N6O2/c1-15-2-8-19(9-3-15)35-24-23(30-10-11-31-24)34(26(35)37)14-16-4-6-18(7-5-16)33-25(36)20-12-17(27)13-32-21(20)22(28)29/h2-3,8-13,16,18,22H,4-7,14H2,1H3,(H,33,36). The van der Waals surface area contributed by atoms with Crippen LogP contribution in [0.3, 0.4) is 0 Å². The van der Waals surface area contributed by atoms with Crippen molar-refractivity contribution in [1.82, 2.24) is 29.4 Å². The van der Waals surface area contributed by atoms with E-state index in [-0.39, 0.29) is 28.2 Å². The van der Waals surface area contributed by atoms with Gasteiger partial charge in [0.15, 0.2) is 11.3 Å². The van der Waals surface area contributed by atoms with Crippen LogP contribution < -0.4 is 11.0 Å². The van der Waals surface area contributed by atoms with Gasteiger partial charge in [0.1, 0.15) is 5.69 Å². The molecule has 0 radical (unpaired) electrons. The molecular formula is C26H25ClF2N6O2. The zero-order valence-corrected chi connectivity index (χ0v) is 20.8. The molecule has 0 atom stereocenters. The highest BCUT2D eigenvalue weighted by molar-refractivity contribution is 6.30. The zero-order chi connectivity index (χ0) is 26.1. The highest BCUT2D eigenvalue weighted by Gasteiger charge is 2.27. The minimum atomic E-state index is -2.88. The van der Waals surface area contributed by atoms with Crippen molar-refractivity contribution >= 4 is 28.8 Å². The SMILES string of the molecule is Cc1ccc(-n2c(=O)n(CC3CCC(NC(=O)c4cc(Cl)cnc4C(F)F)CC3)c3nccnc32)cc1. The Balaban J connectivity index is 1.30. The summed E-state index contributed by atoms with van der Waals surface area (Å²) in [6, 6.07) is 8.71. The van der Waals surface area contributed by atoms with Crippen LogP contribution in [-0.2, 0) is 6.54 Å². The van der Waals surface area contributed by atoms with Crippen LogP contribution in [0.25, 0.3) is 17.0 Å². The van der Waals surface area contributed by atoms with E-state index in [9.17, 15) is 18.4 Å². The first-order valence-electron chi connectivity index (χ1n) is 12.1. The van der Waals surface area contributed by atoms with Gasteiger partial charge >= 0.3 is 5.69 Å². The molecule has 1 aliphatic rings. The lowest BCUT2D eigenvalue weighted by Crippen LogP contribution is -2.39. The van der Waals surface area contributed by atoms with E-state index in [0.29, 0.717) is 30.7 Å². The minimum Gasteiger partial charge on any atom is -0.349 e. The molecule has 0 saturated heterocycles. The van der Waals surface area contributed by atoms with E-state index in [4.69, 9.17) is 11.6 Å². The normalized spacial score (nSPS) is 17.9. The third-order valence-electron chi connectivity index (χ3n) is 6.80. The summed E-state index contributed by atoms with van der Waals surface area (Å²) in [7, 11) is 0. The van der Waals surface area contributed by atoms with Gasteiger partial charge in [0.25, 0.3) is 12.3 Å². The molecule has 0 aliphatic heterocycles. The number of hydrogen-bond donors (Lipinski definition) is 1. The van der Waals surface area contributed by atoms with Crippen molar-refractivity contribution in [2.75, 3.05) is 0 Å². The van der Waals surface area contributed by atoms with Gasteiger partial charge in [-0.15, -0.1) is 0 Å². The number of aromatic nitrogens is 5. The monoisotopic (exact) mass is 526 g/mol. The second kappa shape index (κ2) is 10.4. The number of imidazole rings is 1. The largest absolute Gasteiger partial charge is 0.349 e. The van der Waals surface area contributed by atoms with Crippen molar-refractivity contribution < 1.29 is 13.6 Å². The van der Waals surface area contributed by atoms with Gasteiger partial charge in [-0.1, -0.05) is 29.3 Å². The summed E-state index contributed by atoms with van der Waals surface area (Å²) in [5, 5.41) is 2.97. The van der Waals surface area contributed by atoms with E-state index < -0.39 is 18.0 Å². The average Bonchev–Trinajstić information content (AvgIpc) is 3.16. The van der Waals surface area contributed by atoms with Gasteiger partial charge in [-0.05, 0) is 56.7 Å². The molecule has 37 heavy (non-hydrogen) atoms. The molecule has 1 aromatic carbocycles. The molecule has 1 saturated carbocycles. The fourth-order valence-electron chi connectivity index (χ4n) is 4.88. The number of hydrogen-bond acceptors (Lipinski definition) is 5. The molecule has 3 aromatic heterocycles. The van der Waals surface area contributed by atoms with E-state index in [1.165, 1.54) is 6.07 Å². The molecule has 11 heteroatoms. The molecule has 0 spiro atoms. The van der Waals surface area contributed by atoms with Gasteiger partial charge in [-0.25, -0.2) is 28.1 Å². The molecule has 8 nitrogen and oxygen atoms in total. The van der Waals surface area contributed by atoms with Crippen molar-refractivity contribution in [1.29, 1.82) is 0 Å². The molecule has 1 fully saturated rings. The van der Waals surface area contributed by atoms with Crippen molar-refractivity contribution in [3.05, 3.63) is 81.3 Å². The maximum atomic E-state index is 13.4. The Morgan fingerprint density at radius 1 is 1.08 bits per heavy atom. The van der Waals surface area contributed by atoms with Gasteiger partial charge in [0, 0.05) is 31.2 Å². The fourth-order valence-corrected chi connectivity index (χ4v) is 5.04. The first-order chi connectivity index (χ1) is 17.8. The molecular weight excluding hydrogens is 502 g/mol. The predicted octanol–water partition coefficient (Wildman–Crippen LogP) is 4.87. The lowest BCUT2D eigenvalue weighted by atomic mass is 9.86.